The number of carboxylic acids is 1. The van der Waals surface area contributed by atoms with Crippen molar-refractivity contribution >= 4 is 17.6 Å². The van der Waals surface area contributed by atoms with E-state index in [1.165, 1.54) is 0 Å². The molecule has 0 atom stereocenters. The summed E-state index contributed by atoms with van der Waals surface area (Å²) in [6, 6.07) is 12.6. The molecule has 21 heavy (non-hydrogen) atoms. The van der Waals surface area contributed by atoms with Gasteiger partial charge in [0.1, 0.15) is 0 Å². The molecule has 1 aromatic heterocycles. The molecule has 5 heteroatoms. The molecule has 0 aliphatic heterocycles. The molecule has 2 rings (SSSR count). The van der Waals surface area contributed by atoms with E-state index in [9.17, 15) is 9.59 Å². The lowest BCUT2D eigenvalue weighted by Crippen LogP contribution is -2.15. The third kappa shape index (κ3) is 5.06. The zero-order valence-corrected chi connectivity index (χ0v) is 11.5. The van der Waals surface area contributed by atoms with E-state index < -0.39 is 5.97 Å². The molecule has 108 valence electrons. The minimum Gasteiger partial charge on any atom is -0.481 e. The van der Waals surface area contributed by atoms with Crippen molar-refractivity contribution in [2.75, 3.05) is 5.32 Å². The van der Waals surface area contributed by atoms with Crippen molar-refractivity contribution in [1.29, 1.82) is 0 Å². The fourth-order valence-corrected chi connectivity index (χ4v) is 1.88. The maximum absolute atomic E-state index is 11.9. The summed E-state index contributed by atoms with van der Waals surface area (Å²) < 4.78 is 0. The van der Waals surface area contributed by atoms with Crippen molar-refractivity contribution in [2.24, 2.45) is 0 Å². The van der Waals surface area contributed by atoms with Gasteiger partial charge in [-0.1, -0.05) is 18.2 Å². The van der Waals surface area contributed by atoms with Gasteiger partial charge in [-0.05, 0) is 36.2 Å². The van der Waals surface area contributed by atoms with Crippen molar-refractivity contribution in [1.82, 2.24) is 4.98 Å². The van der Waals surface area contributed by atoms with Crippen LogP contribution in [0.15, 0.2) is 48.7 Å². The summed E-state index contributed by atoms with van der Waals surface area (Å²) in [4.78, 5) is 26.4. The average Bonchev–Trinajstić information content (AvgIpc) is 2.47. The zero-order valence-electron chi connectivity index (χ0n) is 11.5. The lowest BCUT2D eigenvalue weighted by atomic mass is 10.1. The van der Waals surface area contributed by atoms with Gasteiger partial charge in [0.25, 0.3) is 0 Å². The molecule has 5 nitrogen and oxygen atoms in total. The zero-order chi connectivity index (χ0) is 15.1. The highest BCUT2D eigenvalue weighted by Crippen LogP contribution is 2.11. The molecule has 0 unspecified atom stereocenters. The van der Waals surface area contributed by atoms with Gasteiger partial charge in [0.05, 0.1) is 6.42 Å². The highest BCUT2D eigenvalue weighted by atomic mass is 16.4. The van der Waals surface area contributed by atoms with Crippen LogP contribution in [0, 0.1) is 0 Å². The van der Waals surface area contributed by atoms with E-state index in [-0.39, 0.29) is 18.7 Å². The number of carboxylic acid groups (broad SMARTS) is 1. The molecular weight excluding hydrogens is 268 g/mol. The minimum atomic E-state index is -0.817. The van der Waals surface area contributed by atoms with Crippen molar-refractivity contribution in [2.45, 2.75) is 19.3 Å². The summed E-state index contributed by atoms with van der Waals surface area (Å²) in [5, 5.41) is 11.4. The molecule has 0 radical (unpaired) electrons. The number of hydrogen-bond donors (Lipinski definition) is 2. The van der Waals surface area contributed by atoms with E-state index in [0.717, 1.165) is 5.56 Å². The molecule has 2 aromatic rings. The molecule has 1 aromatic carbocycles. The first kappa shape index (κ1) is 14.7. The van der Waals surface area contributed by atoms with Crippen LogP contribution >= 0.6 is 0 Å². The second-order valence-corrected chi connectivity index (χ2v) is 4.64. The number of anilines is 1. The van der Waals surface area contributed by atoms with E-state index in [0.29, 0.717) is 17.8 Å². The Morgan fingerprint density at radius 3 is 2.48 bits per heavy atom. The Morgan fingerprint density at radius 1 is 1.10 bits per heavy atom. The van der Waals surface area contributed by atoms with Crippen molar-refractivity contribution in [3.05, 3.63) is 59.9 Å². The SMILES string of the molecule is O=C(O)CCc1ccc(NC(=O)Cc2ccccn2)cc1. The van der Waals surface area contributed by atoms with Crippen LogP contribution in [-0.2, 0) is 22.4 Å². The molecule has 0 fully saturated rings. The van der Waals surface area contributed by atoms with Crippen LogP contribution in [0.5, 0.6) is 0 Å². The Balaban J connectivity index is 1.88. The molecular formula is C16H16N2O3. The summed E-state index contributed by atoms with van der Waals surface area (Å²) in [5.74, 6) is -0.949. The molecule has 0 saturated heterocycles. The van der Waals surface area contributed by atoms with Gasteiger partial charge in [-0.3, -0.25) is 14.6 Å². The summed E-state index contributed by atoms with van der Waals surface area (Å²) >= 11 is 0. The standard InChI is InChI=1S/C16H16N2O3/c19-15(11-14-3-1-2-10-17-14)18-13-7-4-12(5-8-13)6-9-16(20)21/h1-5,7-8,10H,6,9,11H2,(H,18,19)(H,20,21). The Morgan fingerprint density at radius 2 is 1.86 bits per heavy atom. The second-order valence-electron chi connectivity index (χ2n) is 4.64. The highest BCUT2D eigenvalue weighted by molar-refractivity contribution is 5.92. The first-order chi connectivity index (χ1) is 10.1. The number of aromatic nitrogens is 1. The monoisotopic (exact) mass is 284 g/mol. The number of nitrogens with zero attached hydrogens (tertiary/aromatic N) is 1. The molecule has 0 spiro atoms. The maximum atomic E-state index is 11.9. The lowest BCUT2D eigenvalue weighted by molar-refractivity contribution is -0.137. The fraction of sp³-hybridized carbons (Fsp3) is 0.188. The van der Waals surface area contributed by atoms with Crippen LogP contribution < -0.4 is 5.32 Å². The normalized spacial score (nSPS) is 10.1. The predicted molar refractivity (Wildman–Crippen MR) is 79.0 cm³/mol. The van der Waals surface area contributed by atoms with Crippen LogP contribution in [0.4, 0.5) is 5.69 Å². The Hall–Kier alpha value is -2.69. The van der Waals surface area contributed by atoms with E-state index >= 15 is 0 Å². The van der Waals surface area contributed by atoms with Crippen molar-refractivity contribution in [3.63, 3.8) is 0 Å². The number of aryl methyl sites for hydroxylation is 1. The number of hydrogen-bond acceptors (Lipinski definition) is 3. The first-order valence-electron chi connectivity index (χ1n) is 6.64. The molecule has 0 aliphatic rings. The predicted octanol–water partition coefficient (Wildman–Crippen LogP) is 2.28. The average molecular weight is 284 g/mol. The van der Waals surface area contributed by atoms with E-state index in [2.05, 4.69) is 10.3 Å². The van der Waals surface area contributed by atoms with Gasteiger partial charge in [-0.25, -0.2) is 0 Å². The number of benzene rings is 1. The molecule has 0 aliphatic carbocycles. The largest absolute Gasteiger partial charge is 0.481 e. The number of pyridine rings is 1. The fourth-order valence-electron chi connectivity index (χ4n) is 1.88. The van der Waals surface area contributed by atoms with Gasteiger partial charge in [0, 0.05) is 24.0 Å². The highest BCUT2D eigenvalue weighted by Gasteiger charge is 2.05. The van der Waals surface area contributed by atoms with Gasteiger partial charge >= 0.3 is 5.97 Å². The lowest BCUT2D eigenvalue weighted by Gasteiger charge is -2.06. The van der Waals surface area contributed by atoms with Gasteiger partial charge in [-0.15, -0.1) is 0 Å². The van der Waals surface area contributed by atoms with E-state index in [1.807, 2.05) is 18.2 Å². The number of amides is 1. The van der Waals surface area contributed by atoms with Crippen LogP contribution in [0.1, 0.15) is 17.7 Å². The quantitative estimate of drug-likeness (QED) is 0.853. The Bertz CT molecular complexity index is 609. The van der Waals surface area contributed by atoms with Crippen molar-refractivity contribution < 1.29 is 14.7 Å². The van der Waals surface area contributed by atoms with E-state index in [4.69, 9.17) is 5.11 Å². The number of carbonyl (C=O) groups excluding carboxylic acids is 1. The first-order valence-corrected chi connectivity index (χ1v) is 6.64. The maximum Gasteiger partial charge on any atom is 0.303 e. The summed E-state index contributed by atoms with van der Waals surface area (Å²) in [5.41, 5.74) is 2.34. The molecule has 0 saturated carbocycles. The summed E-state index contributed by atoms with van der Waals surface area (Å²) in [6.07, 6.45) is 2.46. The third-order valence-electron chi connectivity index (χ3n) is 2.93. The van der Waals surface area contributed by atoms with Gasteiger partial charge < -0.3 is 10.4 Å². The number of carbonyl (C=O) groups is 2. The Kier molecular flexibility index (Phi) is 5.04. The number of aliphatic carboxylic acids is 1. The van der Waals surface area contributed by atoms with Gasteiger partial charge in [-0.2, -0.15) is 0 Å². The number of rotatable bonds is 6. The van der Waals surface area contributed by atoms with Crippen molar-refractivity contribution in [3.8, 4) is 0 Å². The third-order valence-corrected chi connectivity index (χ3v) is 2.93. The van der Waals surface area contributed by atoms with E-state index in [1.54, 1.807) is 30.5 Å². The molecule has 2 N–H and O–H groups in total. The second kappa shape index (κ2) is 7.19. The smallest absolute Gasteiger partial charge is 0.303 e. The topological polar surface area (TPSA) is 79.3 Å². The Labute approximate surface area is 122 Å². The van der Waals surface area contributed by atoms with Gasteiger partial charge in [0.2, 0.25) is 5.91 Å². The molecule has 1 heterocycles. The van der Waals surface area contributed by atoms with Crippen LogP contribution in [-0.4, -0.2) is 22.0 Å². The minimum absolute atomic E-state index is 0.103. The molecule has 0 bridgehead atoms. The summed E-state index contributed by atoms with van der Waals surface area (Å²) in [6.45, 7) is 0. The summed E-state index contributed by atoms with van der Waals surface area (Å²) in [7, 11) is 0. The van der Waals surface area contributed by atoms with Crippen LogP contribution in [0.25, 0.3) is 0 Å². The molecule has 1 amide bonds. The van der Waals surface area contributed by atoms with Crippen LogP contribution in [0.3, 0.4) is 0 Å². The van der Waals surface area contributed by atoms with Gasteiger partial charge in [0.15, 0.2) is 0 Å². The van der Waals surface area contributed by atoms with Crippen LogP contribution in [0.2, 0.25) is 0 Å². The number of nitrogens with one attached hydrogen (secondary N) is 1.